The van der Waals surface area contributed by atoms with E-state index in [-0.39, 0.29) is 5.30 Å². The molecular formula is C7H16O2S. The molecule has 62 valence electrons. The highest BCUT2D eigenvalue weighted by Crippen LogP contribution is 2.00. The number of rotatable bonds is 1. The maximum absolute atomic E-state index is 10.2. The highest BCUT2D eigenvalue weighted by molar-refractivity contribution is 8.13. The van der Waals surface area contributed by atoms with Crippen LogP contribution in [0.4, 0.5) is 4.79 Å². The zero-order valence-corrected chi connectivity index (χ0v) is 7.96. The maximum Gasteiger partial charge on any atom is 0.367 e. The minimum atomic E-state index is -0.206. The van der Waals surface area contributed by atoms with E-state index in [2.05, 4.69) is 18.6 Å². The Bertz CT molecular complexity index is 74.0. The van der Waals surface area contributed by atoms with Crippen molar-refractivity contribution in [1.82, 2.24) is 0 Å². The third-order valence-electron chi connectivity index (χ3n) is 0.429. The first kappa shape index (κ1) is 12.5. The molecule has 0 saturated carbocycles. The Balaban J connectivity index is 0. The Hall–Kier alpha value is -0.180. The molecule has 0 rings (SSSR count). The first-order valence-corrected chi connectivity index (χ1v) is 4.42. The molecule has 0 atom stereocenters. The molecule has 0 saturated heterocycles. The van der Waals surface area contributed by atoms with Gasteiger partial charge in [-0.1, -0.05) is 27.2 Å². The maximum atomic E-state index is 10.2. The predicted molar refractivity (Wildman–Crippen MR) is 46.5 cm³/mol. The first-order valence-electron chi connectivity index (χ1n) is 3.43. The monoisotopic (exact) mass is 164 g/mol. The third kappa shape index (κ3) is 15.7. The van der Waals surface area contributed by atoms with Crippen LogP contribution in [-0.2, 0) is 4.74 Å². The van der Waals surface area contributed by atoms with Gasteiger partial charge in [0.15, 0.2) is 0 Å². The van der Waals surface area contributed by atoms with Crippen LogP contribution in [-0.4, -0.2) is 18.2 Å². The van der Waals surface area contributed by atoms with Crippen LogP contribution in [0, 0.1) is 0 Å². The van der Waals surface area contributed by atoms with E-state index in [1.165, 1.54) is 25.3 Å². The molecule has 0 aromatic rings. The second-order valence-electron chi connectivity index (χ2n) is 1.59. The summed E-state index contributed by atoms with van der Waals surface area (Å²) in [5.74, 6) is 0.784. The Kier molecular flexibility index (Phi) is 14.5. The van der Waals surface area contributed by atoms with Gasteiger partial charge in [-0.25, -0.2) is 4.79 Å². The molecule has 0 spiro atoms. The zero-order chi connectivity index (χ0) is 8.41. The molecule has 0 amide bonds. The lowest BCUT2D eigenvalue weighted by atomic mass is 10.6. The fourth-order valence-corrected chi connectivity index (χ4v) is 0.530. The fraction of sp³-hybridized carbons (Fsp3) is 0.857. The van der Waals surface area contributed by atoms with Gasteiger partial charge in [0, 0.05) is 5.75 Å². The summed E-state index contributed by atoms with van der Waals surface area (Å²) in [5.41, 5.74) is 0. The molecule has 0 bridgehead atoms. The second kappa shape index (κ2) is 11.6. The van der Waals surface area contributed by atoms with Crippen LogP contribution in [0.1, 0.15) is 27.2 Å². The predicted octanol–water partition coefficient (Wildman–Crippen LogP) is 2.92. The number of hydrogen-bond acceptors (Lipinski definition) is 3. The van der Waals surface area contributed by atoms with E-state index in [1.807, 2.05) is 6.92 Å². The lowest BCUT2D eigenvalue weighted by Crippen LogP contribution is -1.89. The van der Waals surface area contributed by atoms with Crippen molar-refractivity contribution < 1.29 is 9.53 Å². The van der Waals surface area contributed by atoms with Crippen molar-refractivity contribution in [3.8, 4) is 0 Å². The summed E-state index contributed by atoms with van der Waals surface area (Å²) in [5, 5.41) is -0.206. The summed E-state index contributed by atoms with van der Waals surface area (Å²) in [6.07, 6.45) is 1.25. The van der Waals surface area contributed by atoms with E-state index in [1.54, 1.807) is 0 Å². The average molecular weight is 164 g/mol. The summed E-state index contributed by atoms with van der Waals surface area (Å²) in [7, 11) is 1.38. The summed E-state index contributed by atoms with van der Waals surface area (Å²) < 4.78 is 4.31. The van der Waals surface area contributed by atoms with Gasteiger partial charge in [0.05, 0.1) is 7.11 Å². The molecule has 0 aromatic heterocycles. The molecule has 0 fully saturated rings. The van der Waals surface area contributed by atoms with Crippen LogP contribution in [0.25, 0.3) is 0 Å². The molecule has 2 nitrogen and oxygen atoms in total. The number of thioether (sulfide) groups is 1. The average Bonchev–Trinajstić information content (AvgIpc) is 1.90. The largest absolute Gasteiger partial charge is 0.461 e. The SMILES string of the molecule is CCC.CCSC(=O)OC. The van der Waals surface area contributed by atoms with Crippen molar-refractivity contribution in [3.05, 3.63) is 0 Å². The molecule has 10 heavy (non-hydrogen) atoms. The Labute approximate surface area is 67.3 Å². The van der Waals surface area contributed by atoms with Crippen molar-refractivity contribution >= 4 is 17.1 Å². The molecule has 0 unspecified atom stereocenters. The summed E-state index contributed by atoms with van der Waals surface area (Å²) in [6, 6.07) is 0. The van der Waals surface area contributed by atoms with Crippen LogP contribution in [0.15, 0.2) is 0 Å². The minimum Gasteiger partial charge on any atom is -0.461 e. The van der Waals surface area contributed by atoms with Crippen molar-refractivity contribution in [1.29, 1.82) is 0 Å². The molecule has 0 N–H and O–H groups in total. The van der Waals surface area contributed by atoms with E-state index < -0.39 is 0 Å². The van der Waals surface area contributed by atoms with Gasteiger partial charge in [-0.3, -0.25) is 0 Å². The van der Waals surface area contributed by atoms with E-state index in [9.17, 15) is 4.79 Å². The van der Waals surface area contributed by atoms with Gasteiger partial charge >= 0.3 is 5.30 Å². The second-order valence-corrected chi connectivity index (χ2v) is 2.79. The quantitative estimate of drug-likeness (QED) is 0.557. The highest BCUT2D eigenvalue weighted by atomic mass is 32.2. The summed E-state index contributed by atoms with van der Waals surface area (Å²) in [4.78, 5) is 10.2. The molecule has 0 aromatic carbocycles. The lowest BCUT2D eigenvalue weighted by Gasteiger charge is -1.90. The summed E-state index contributed by atoms with van der Waals surface area (Å²) in [6.45, 7) is 6.15. The van der Waals surface area contributed by atoms with Gasteiger partial charge in [-0.15, -0.1) is 0 Å². The molecule has 3 heteroatoms. The van der Waals surface area contributed by atoms with Crippen molar-refractivity contribution in [2.75, 3.05) is 12.9 Å². The molecule has 0 heterocycles. The van der Waals surface area contributed by atoms with Gasteiger partial charge in [-0.2, -0.15) is 0 Å². The molecule has 0 radical (unpaired) electrons. The number of carbonyl (C=O) groups excluding carboxylic acids is 1. The van der Waals surface area contributed by atoms with E-state index in [4.69, 9.17) is 0 Å². The number of carbonyl (C=O) groups is 1. The van der Waals surface area contributed by atoms with Crippen molar-refractivity contribution in [3.63, 3.8) is 0 Å². The smallest absolute Gasteiger partial charge is 0.367 e. The van der Waals surface area contributed by atoms with Crippen LogP contribution in [0.3, 0.4) is 0 Å². The number of methoxy groups -OCH3 is 1. The van der Waals surface area contributed by atoms with Crippen molar-refractivity contribution in [2.45, 2.75) is 27.2 Å². The van der Waals surface area contributed by atoms with Gasteiger partial charge in [0.2, 0.25) is 0 Å². The minimum absolute atomic E-state index is 0.206. The van der Waals surface area contributed by atoms with Crippen LogP contribution in [0.5, 0.6) is 0 Å². The van der Waals surface area contributed by atoms with Crippen molar-refractivity contribution in [2.24, 2.45) is 0 Å². The number of ether oxygens (including phenoxy) is 1. The Morgan fingerprint density at radius 1 is 1.40 bits per heavy atom. The fourth-order valence-electron chi connectivity index (χ4n) is 0.177. The lowest BCUT2D eigenvalue weighted by molar-refractivity contribution is 0.200. The van der Waals surface area contributed by atoms with E-state index >= 15 is 0 Å². The van der Waals surface area contributed by atoms with E-state index in [0.717, 1.165) is 5.75 Å². The highest BCUT2D eigenvalue weighted by Gasteiger charge is 1.93. The standard InChI is InChI=1S/C4H8O2S.C3H8/c1-3-7-4(5)6-2;1-3-2/h3H2,1-2H3;3H2,1-2H3. The normalized spacial score (nSPS) is 7.60. The Morgan fingerprint density at radius 3 is 1.90 bits per heavy atom. The van der Waals surface area contributed by atoms with Gasteiger partial charge < -0.3 is 4.74 Å². The van der Waals surface area contributed by atoms with Gasteiger partial charge in [0.25, 0.3) is 0 Å². The first-order chi connectivity index (χ1) is 4.72. The number of hydrogen-bond donors (Lipinski definition) is 0. The molecular weight excluding hydrogens is 148 g/mol. The summed E-state index contributed by atoms with van der Waals surface area (Å²) >= 11 is 1.17. The van der Waals surface area contributed by atoms with Crippen LogP contribution < -0.4 is 0 Å². The Morgan fingerprint density at radius 2 is 1.80 bits per heavy atom. The van der Waals surface area contributed by atoms with Crippen LogP contribution >= 0.6 is 11.8 Å². The van der Waals surface area contributed by atoms with Gasteiger partial charge in [0.1, 0.15) is 0 Å². The molecule has 0 aliphatic rings. The van der Waals surface area contributed by atoms with Crippen LogP contribution in [0.2, 0.25) is 0 Å². The zero-order valence-electron chi connectivity index (χ0n) is 7.14. The topological polar surface area (TPSA) is 26.3 Å². The van der Waals surface area contributed by atoms with Gasteiger partial charge in [-0.05, 0) is 11.8 Å². The third-order valence-corrected chi connectivity index (χ3v) is 1.12. The molecule has 0 aliphatic heterocycles. The van der Waals surface area contributed by atoms with E-state index in [0.29, 0.717) is 0 Å². The molecule has 0 aliphatic carbocycles.